The Morgan fingerprint density at radius 2 is 1.78 bits per heavy atom. The molecule has 106 valence electrons. The van der Waals surface area contributed by atoms with Crippen LogP contribution in [0, 0.1) is 11.3 Å². The Morgan fingerprint density at radius 3 is 2.28 bits per heavy atom. The van der Waals surface area contributed by atoms with Gasteiger partial charge in [-0.25, -0.2) is 0 Å². The van der Waals surface area contributed by atoms with Gasteiger partial charge < -0.3 is 10.2 Å². The largest absolute Gasteiger partial charge is 0.342 e. The van der Waals surface area contributed by atoms with E-state index in [9.17, 15) is 4.79 Å². The predicted molar refractivity (Wildman–Crippen MR) is 77.1 cm³/mol. The SMILES string of the molecule is CCC(C)C(=O)N1CCC2(CCNCC2)CC1.Cl. The monoisotopic (exact) mass is 274 g/mol. The number of likely N-dealkylation sites (tertiary alicyclic amines) is 1. The fourth-order valence-corrected chi connectivity index (χ4v) is 3.14. The number of carbonyl (C=O) groups excluding carboxylic acids is 1. The van der Waals surface area contributed by atoms with Crippen LogP contribution < -0.4 is 5.32 Å². The first kappa shape index (κ1) is 15.8. The van der Waals surface area contributed by atoms with Gasteiger partial charge in [0.1, 0.15) is 0 Å². The minimum Gasteiger partial charge on any atom is -0.342 e. The average Bonchev–Trinajstić information content (AvgIpc) is 2.39. The van der Waals surface area contributed by atoms with Crippen molar-refractivity contribution in [1.82, 2.24) is 10.2 Å². The molecule has 0 saturated carbocycles. The molecule has 1 amide bonds. The maximum absolute atomic E-state index is 12.1. The molecule has 4 heteroatoms. The van der Waals surface area contributed by atoms with Crippen LogP contribution in [0.1, 0.15) is 46.0 Å². The molecule has 2 rings (SSSR count). The zero-order valence-corrected chi connectivity index (χ0v) is 12.5. The van der Waals surface area contributed by atoms with Gasteiger partial charge >= 0.3 is 0 Å². The number of hydrogen-bond acceptors (Lipinski definition) is 2. The van der Waals surface area contributed by atoms with Crippen LogP contribution in [0.15, 0.2) is 0 Å². The Hall–Kier alpha value is -0.280. The third kappa shape index (κ3) is 3.39. The quantitative estimate of drug-likeness (QED) is 0.839. The summed E-state index contributed by atoms with van der Waals surface area (Å²) in [6, 6.07) is 0. The molecule has 3 nitrogen and oxygen atoms in total. The second-order valence-electron chi connectivity index (χ2n) is 5.88. The van der Waals surface area contributed by atoms with Crippen molar-refractivity contribution in [1.29, 1.82) is 0 Å². The van der Waals surface area contributed by atoms with Crippen molar-refractivity contribution < 1.29 is 4.79 Å². The average molecular weight is 275 g/mol. The summed E-state index contributed by atoms with van der Waals surface area (Å²) >= 11 is 0. The molecule has 2 fully saturated rings. The van der Waals surface area contributed by atoms with Gasteiger partial charge in [0.25, 0.3) is 0 Å². The van der Waals surface area contributed by atoms with Crippen LogP contribution in [0.25, 0.3) is 0 Å². The number of nitrogens with zero attached hydrogens (tertiary/aromatic N) is 1. The van der Waals surface area contributed by atoms with Gasteiger partial charge in [0.15, 0.2) is 0 Å². The van der Waals surface area contributed by atoms with Crippen LogP contribution in [0.5, 0.6) is 0 Å². The fourth-order valence-electron chi connectivity index (χ4n) is 3.14. The third-order valence-corrected chi connectivity index (χ3v) is 4.83. The molecule has 1 N–H and O–H groups in total. The third-order valence-electron chi connectivity index (χ3n) is 4.83. The molecule has 2 saturated heterocycles. The molecule has 1 atom stereocenters. The van der Waals surface area contributed by atoms with Crippen molar-refractivity contribution in [2.45, 2.75) is 46.0 Å². The van der Waals surface area contributed by atoms with Gasteiger partial charge in [-0.05, 0) is 50.6 Å². The first-order valence-corrected chi connectivity index (χ1v) is 7.16. The van der Waals surface area contributed by atoms with Crippen LogP contribution in [-0.2, 0) is 4.79 Å². The lowest BCUT2D eigenvalue weighted by atomic mass is 9.71. The van der Waals surface area contributed by atoms with Gasteiger partial charge in [0.05, 0.1) is 0 Å². The van der Waals surface area contributed by atoms with Crippen molar-refractivity contribution in [2.24, 2.45) is 11.3 Å². The van der Waals surface area contributed by atoms with E-state index in [2.05, 4.69) is 24.1 Å². The van der Waals surface area contributed by atoms with E-state index < -0.39 is 0 Å². The van der Waals surface area contributed by atoms with E-state index in [1.54, 1.807) is 0 Å². The van der Waals surface area contributed by atoms with Crippen molar-refractivity contribution in [3.05, 3.63) is 0 Å². The van der Waals surface area contributed by atoms with Gasteiger partial charge in [0, 0.05) is 19.0 Å². The number of amides is 1. The molecule has 0 aromatic heterocycles. The summed E-state index contributed by atoms with van der Waals surface area (Å²) in [5.41, 5.74) is 0.553. The van der Waals surface area contributed by atoms with E-state index >= 15 is 0 Å². The zero-order chi connectivity index (χ0) is 12.3. The molecule has 2 aliphatic heterocycles. The van der Waals surface area contributed by atoms with Crippen molar-refractivity contribution >= 4 is 18.3 Å². The van der Waals surface area contributed by atoms with Crippen LogP contribution in [0.4, 0.5) is 0 Å². The minimum absolute atomic E-state index is 0. The lowest BCUT2D eigenvalue weighted by molar-refractivity contribution is -0.137. The topological polar surface area (TPSA) is 32.3 Å². The van der Waals surface area contributed by atoms with E-state index in [1.165, 1.54) is 38.8 Å². The predicted octanol–water partition coefficient (Wildman–Crippen LogP) is 2.45. The summed E-state index contributed by atoms with van der Waals surface area (Å²) in [5.74, 6) is 0.577. The highest BCUT2D eigenvalue weighted by Crippen LogP contribution is 2.39. The molecule has 0 aliphatic carbocycles. The van der Waals surface area contributed by atoms with E-state index in [-0.39, 0.29) is 18.3 Å². The smallest absolute Gasteiger partial charge is 0.225 e. The van der Waals surface area contributed by atoms with Gasteiger partial charge in [-0.1, -0.05) is 13.8 Å². The number of hydrogen-bond donors (Lipinski definition) is 1. The van der Waals surface area contributed by atoms with Crippen LogP contribution in [0.3, 0.4) is 0 Å². The minimum atomic E-state index is 0. The van der Waals surface area contributed by atoms with E-state index in [0.29, 0.717) is 11.3 Å². The van der Waals surface area contributed by atoms with Crippen molar-refractivity contribution in [3.63, 3.8) is 0 Å². The van der Waals surface area contributed by atoms with Crippen LogP contribution in [-0.4, -0.2) is 37.0 Å². The summed E-state index contributed by atoms with van der Waals surface area (Å²) in [4.78, 5) is 14.2. The highest BCUT2D eigenvalue weighted by molar-refractivity contribution is 5.85. The first-order chi connectivity index (χ1) is 8.17. The standard InChI is InChI=1S/C14H26N2O.ClH/c1-3-12(2)13(17)16-10-6-14(7-11-16)4-8-15-9-5-14;/h12,15H,3-11H2,1-2H3;1H. The number of carbonyl (C=O) groups is 1. The van der Waals surface area contributed by atoms with E-state index in [0.717, 1.165) is 19.5 Å². The second kappa shape index (κ2) is 6.76. The molecule has 2 aliphatic rings. The van der Waals surface area contributed by atoms with Crippen molar-refractivity contribution in [2.75, 3.05) is 26.2 Å². The Kier molecular flexibility index (Phi) is 5.93. The molecule has 0 aromatic carbocycles. The van der Waals surface area contributed by atoms with Gasteiger partial charge in [-0.15, -0.1) is 12.4 Å². The number of rotatable bonds is 2. The summed E-state index contributed by atoms with van der Waals surface area (Å²) in [6.45, 7) is 8.46. The Labute approximate surface area is 117 Å². The number of nitrogens with one attached hydrogen (secondary N) is 1. The van der Waals surface area contributed by atoms with Crippen molar-refractivity contribution in [3.8, 4) is 0 Å². The van der Waals surface area contributed by atoms with E-state index in [4.69, 9.17) is 0 Å². The number of halogens is 1. The van der Waals surface area contributed by atoms with Crippen LogP contribution >= 0.6 is 12.4 Å². The highest BCUT2D eigenvalue weighted by Gasteiger charge is 2.37. The van der Waals surface area contributed by atoms with Gasteiger partial charge in [0.2, 0.25) is 5.91 Å². The highest BCUT2D eigenvalue weighted by atomic mass is 35.5. The fraction of sp³-hybridized carbons (Fsp3) is 0.929. The molecule has 18 heavy (non-hydrogen) atoms. The molecule has 1 spiro atoms. The van der Waals surface area contributed by atoms with Crippen LogP contribution in [0.2, 0.25) is 0 Å². The summed E-state index contributed by atoms with van der Waals surface area (Å²) in [7, 11) is 0. The Balaban J connectivity index is 0.00000162. The van der Waals surface area contributed by atoms with Gasteiger partial charge in [-0.2, -0.15) is 0 Å². The maximum Gasteiger partial charge on any atom is 0.225 e. The first-order valence-electron chi connectivity index (χ1n) is 7.16. The molecule has 1 unspecified atom stereocenters. The zero-order valence-electron chi connectivity index (χ0n) is 11.7. The number of piperidine rings is 2. The molecule has 0 aromatic rings. The normalized spacial score (nSPS) is 24.4. The summed E-state index contributed by atoms with van der Waals surface area (Å²) in [6.07, 6.45) is 6.01. The molecule has 2 heterocycles. The van der Waals surface area contributed by atoms with E-state index in [1.807, 2.05) is 0 Å². The summed E-state index contributed by atoms with van der Waals surface area (Å²) < 4.78 is 0. The maximum atomic E-state index is 12.1. The molecule has 0 bridgehead atoms. The Morgan fingerprint density at radius 1 is 1.22 bits per heavy atom. The lowest BCUT2D eigenvalue weighted by Crippen LogP contribution is -2.48. The Bertz CT molecular complexity index is 267. The molecular weight excluding hydrogens is 248 g/mol. The van der Waals surface area contributed by atoms with Gasteiger partial charge in [-0.3, -0.25) is 4.79 Å². The lowest BCUT2D eigenvalue weighted by Gasteiger charge is -2.44. The second-order valence-corrected chi connectivity index (χ2v) is 5.88. The summed E-state index contributed by atoms with van der Waals surface area (Å²) in [5, 5.41) is 3.44. The molecule has 0 radical (unpaired) electrons. The molecular formula is C14H27ClN2O.